The Labute approximate surface area is 182 Å². The molecule has 0 saturated carbocycles. The van der Waals surface area contributed by atoms with Crippen molar-refractivity contribution in [3.05, 3.63) is 90.9 Å². The fourth-order valence-electron chi connectivity index (χ4n) is 4.18. The van der Waals surface area contributed by atoms with Crippen molar-refractivity contribution in [1.29, 1.82) is 0 Å². The molecular weight excluding hydrogens is 386 g/mol. The summed E-state index contributed by atoms with van der Waals surface area (Å²) in [5.41, 5.74) is 4.04. The number of hydrogen-bond acceptors (Lipinski definition) is 4. The van der Waals surface area contributed by atoms with Crippen LogP contribution in [0.25, 0.3) is 5.52 Å². The van der Waals surface area contributed by atoms with Gasteiger partial charge in [-0.15, -0.1) is 0 Å². The first-order chi connectivity index (χ1) is 15.2. The quantitative estimate of drug-likeness (QED) is 0.508. The van der Waals surface area contributed by atoms with Crippen LogP contribution >= 0.6 is 0 Å². The number of aromatic nitrogens is 2. The van der Waals surface area contributed by atoms with Crippen LogP contribution < -0.4 is 9.80 Å². The number of carbonyl (C=O) groups excluding carboxylic acids is 1. The maximum absolute atomic E-state index is 13.2. The average molecular weight is 412 g/mol. The SMILES string of the molecule is CN(c1ccccc1)c1ccc2ccc(C(=O)N3CCN(c4ccncc4)CC3)cn12. The topological polar surface area (TPSA) is 44.1 Å². The van der Waals surface area contributed by atoms with Crippen LogP contribution in [0.5, 0.6) is 0 Å². The Morgan fingerprint density at radius 1 is 0.871 bits per heavy atom. The molecule has 3 aromatic heterocycles. The number of nitrogens with zero attached hydrogens (tertiary/aromatic N) is 5. The van der Waals surface area contributed by atoms with Crippen LogP contribution in [-0.2, 0) is 0 Å². The third-order valence-electron chi connectivity index (χ3n) is 5.96. The zero-order valence-electron chi connectivity index (χ0n) is 17.6. The molecule has 1 aliphatic heterocycles. The summed E-state index contributed by atoms with van der Waals surface area (Å²) in [6.07, 6.45) is 5.58. The molecule has 0 unspecified atom stereocenters. The van der Waals surface area contributed by atoms with Gasteiger partial charge in [0.1, 0.15) is 5.82 Å². The van der Waals surface area contributed by atoms with Crippen molar-refractivity contribution in [2.24, 2.45) is 0 Å². The first-order valence-corrected chi connectivity index (χ1v) is 10.5. The first kappa shape index (κ1) is 19.2. The lowest BCUT2D eigenvalue weighted by Gasteiger charge is -2.36. The van der Waals surface area contributed by atoms with Gasteiger partial charge in [0.25, 0.3) is 5.91 Å². The van der Waals surface area contributed by atoms with Crippen LogP contribution in [0.15, 0.2) is 85.3 Å². The van der Waals surface area contributed by atoms with Gasteiger partial charge in [-0.25, -0.2) is 0 Å². The van der Waals surface area contributed by atoms with Crippen molar-refractivity contribution < 1.29 is 4.79 Å². The smallest absolute Gasteiger partial charge is 0.255 e. The zero-order valence-corrected chi connectivity index (χ0v) is 17.6. The van der Waals surface area contributed by atoms with Gasteiger partial charge in [-0.1, -0.05) is 18.2 Å². The second kappa shape index (κ2) is 8.14. The van der Waals surface area contributed by atoms with Crippen LogP contribution in [0, 0.1) is 0 Å². The predicted molar refractivity (Wildman–Crippen MR) is 124 cm³/mol. The fraction of sp³-hybridized carbons (Fsp3) is 0.200. The van der Waals surface area contributed by atoms with Crippen molar-refractivity contribution in [1.82, 2.24) is 14.3 Å². The molecular formula is C25H25N5O. The third-order valence-corrected chi connectivity index (χ3v) is 5.96. The Kier molecular flexibility index (Phi) is 5.04. The molecule has 6 heteroatoms. The van der Waals surface area contributed by atoms with Crippen LogP contribution in [-0.4, -0.2) is 53.4 Å². The molecule has 4 aromatic rings. The normalized spacial score (nSPS) is 14.1. The molecule has 0 aliphatic carbocycles. The maximum Gasteiger partial charge on any atom is 0.255 e. The van der Waals surface area contributed by atoms with Crippen LogP contribution in [0.4, 0.5) is 17.2 Å². The molecule has 1 aromatic carbocycles. The number of amides is 1. The van der Waals surface area contributed by atoms with Crippen molar-refractivity contribution >= 4 is 28.6 Å². The molecule has 1 aliphatic rings. The molecule has 156 valence electrons. The summed E-state index contributed by atoms with van der Waals surface area (Å²) in [4.78, 5) is 23.7. The van der Waals surface area contributed by atoms with E-state index in [9.17, 15) is 4.79 Å². The van der Waals surface area contributed by atoms with Gasteiger partial charge in [-0.2, -0.15) is 0 Å². The van der Waals surface area contributed by atoms with Crippen molar-refractivity contribution in [2.45, 2.75) is 0 Å². The van der Waals surface area contributed by atoms with E-state index in [1.54, 1.807) is 0 Å². The lowest BCUT2D eigenvalue weighted by atomic mass is 10.2. The van der Waals surface area contributed by atoms with E-state index in [1.165, 1.54) is 0 Å². The van der Waals surface area contributed by atoms with E-state index in [4.69, 9.17) is 0 Å². The van der Waals surface area contributed by atoms with Crippen LogP contribution in [0.2, 0.25) is 0 Å². The number of carbonyl (C=O) groups is 1. The van der Waals surface area contributed by atoms with Gasteiger partial charge in [-0.3, -0.25) is 9.78 Å². The van der Waals surface area contributed by atoms with E-state index < -0.39 is 0 Å². The number of para-hydroxylation sites is 1. The number of piperazine rings is 1. The minimum atomic E-state index is 0.0818. The molecule has 0 N–H and O–H groups in total. The Bertz CT molecular complexity index is 1180. The van der Waals surface area contributed by atoms with Crippen molar-refractivity contribution in [3.63, 3.8) is 0 Å². The first-order valence-electron chi connectivity index (χ1n) is 10.5. The van der Waals surface area contributed by atoms with Gasteiger partial charge in [0.2, 0.25) is 0 Å². The van der Waals surface area contributed by atoms with E-state index in [1.807, 2.05) is 73.0 Å². The summed E-state index contributed by atoms with van der Waals surface area (Å²) in [6, 6.07) is 22.4. The van der Waals surface area contributed by atoms with Gasteiger partial charge in [-0.05, 0) is 48.5 Å². The summed E-state index contributed by atoms with van der Waals surface area (Å²) in [5, 5.41) is 0. The minimum absolute atomic E-state index is 0.0818. The molecule has 0 spiro atoms. The molecule has 1 amide bonds. The largest absolute Gasteiger partial charge is 0.368 e. The molecule has 1 fully saturated rings. The number of rotatable bonds is 4. The lowest BCUT2D eigenvalue weighted by molar-refractivity contribution is 0.0746. The van der Waals surface area contributed by atoms with E-state index in [0.717, 1.165) is 35.8 Å². The van der Waals surface area contributed by atoms with Crippen molar-refractivity contribution in [2.75, 3.05) is 43.0 Å². The highest BCUT2D eigenvalue weighted by Gasteiger charge is 2.23. The summed E-state index contributed by atoms with van der Waals surface area (Å²) in [5.74, 6) is 1.11. The Hall–Kier alpha value is -3.80. The van der Waals surface area contributed by atoms with Gasteiger partial charge in [0.05, 0.1) is 5.56 Å². The molecule has 6 nitrogen and oxygen atoms in total. The Balaban J connectivity index is 1.35. The van der Waals surface area contributed by atoms with Gasteiger partial charge >= 0.3 is 0 Å². The van der Waals surface area contributed by atoms with Crippen LogP contribution in [0.3, 0.4) is 0 Å². The predicted octanol–water partition coefficient (Wildman–Crippen LogP) is 4.06. The molecule has 31 heavy (non-hydrogen) atoms. The fourth-order valence-corrected chi connectivity index (χ4v) is 4.18. The van der Waals surface area contributed by atoms with Gasteiger partial charge in [0, 0.05) is 68.7 Å². The summed E-state index contributed by atoms with van der Waals surface area (Å²) >= 11 is 0. The highest BCUT2D eigenvalue weighted by Crippen LogP contribution is 2.26. The lowest BCUT2D eigenvalue weighted by Crippen LogP contribution is -2.48. The van der Waals surface area contributed by atoms with Gasteiger partial charge in [0.15, 0.2) is 0 Å². The number of benzene rings is 1. The minimum Gasteiger partial charge on any atom is -0.368 e. The summed E-state index contributed by atoms with van der Waals surface area (Å²) < 4.78 is 2.09. The number of pyridine rings is 2. The molecule has 0 bridgehead atoms. The van der Waals surface area contributed by atoms with E-state index >= 15 is 0 Å². The molecule has 4 heterocycles. The second-order valence-corrected chi connectivity index (χ2v) is 7.78. The van der Waals surface area contributed by atoms with E-state index in [2.05, 4.69) is 43.4 Å². The molecule has 0 radical (unpaired) electrons. The zero-order chi connectivity index (χ0) is 21.2. The maximum atomic E-state index is 13.2. The highest BCUT2D eigenvalue weighted by molar-refractivity contribution is 5.94. The molecule has 5 rings (SSSR count). The van der Waals surface area contributed by atoms with E-state index in [-0.39, 0.29) is 5.91 Å². The molecule has 1 saturated heterocycles. The monoisotopic (exact) mass is 411 g/mol. The summed E-state index contributed by atoms with van der Waals surface area (Å²) in [6.45, 7) is 3.07. The average Bonchev–Trinajstić information content (AvgIpc) is 3.27. The van der Waals surface area contributed by atoms with Crippen molar-refractivity contribution in [3.8, 4) is 0 Å². The second-order valence-electron chi connectivity index (χ2n) is 7.78. The number of fused-ring (bicyclic) bond motifs is 1. The third kappa shape index (κ3) is 3.72. The van der Waals surface area contributed by atoms with Crippen LogP contribution in [0.1, 0.15) is 10.4 Å². The summed E-state index contributed by atoms with van der Waals surface area (Å²) in [7, 11) is 2.05. The molecule has 0 atom stereocenters. The standard InChI is InChI=1S/C25H25N5O/c1-27(21-5-3-2-4-6-21)24-10-9-23-8-7-20(19-30(23)24)25(31)29-17-15-28(16-18-29)22-11-13-26-14-12-22/h2-14,19H,15-18H2,1H3. The van der Waals surface area contributed by atoms with Gasteiger partial charge < -0.3 is 19.1 Å². The Morgan fingerprint density at radius 2 is 1.58 bits per heavy atom. The Morgan fingerprint density at radius 3 is 2.32 bits per heavy atom. The number of hydrogen-bond donors (Lipinski definition) is 0. The number of anilines is 3. The van der Waals surface area contributed by atoms with E-state index in [0.29, 0.717) is 18.7 Å². The highest BCUT2D eigenvalue weighted by atomic mass is 16.2.